The van der Waals surface area contributed by atoms with E-state index in [0.717, 1.165) is 16.9 Å². The summed E-state index contributed by atoms with van der Waals surface area (Å²) in [5.74, 6) is 0.622. The highest BCUT2D eigenvalue weighted by Crippen LogP contribution is 2.29. The van der Waals surface area contributed by atoms with Crippen LogP contribution in [0.5, 0.6) is 5.75 Å². The summed E-state index contributed by atoms with van der Waals surface area (Å²) in [7, 11) is 1.87. The summed E-state index contributed by atoms with van der Waals surface area (Å²) >= 11 is 0. The van der Waals surface area contributed by atoms with Crippen LogP contribution in [-0.4, -0.2) is 41.9 Å². The lowest BCUT2D eigenvalue weighted by Crippen LogP contribution is -2.15. The van der Waals surface area contributed by atoms with Crippen LogP contribution in [0.3, 0.4) is 0 Å². The number of pyridine rings is 2. The molecule has 4 heterocycles. The van der Waals surface area contributed by atoms with E-state index in [-0.39, 0.29) is 5.75 Å². The molecular formula is C20H15N7O. The number of aromatic hydroxyl groups is 1. The SMILES string of the molecule is CN(c1ccnc2cc(O)cnc12)c1nnc2ccc(-c3ccccc3)nn12. The fourth-order valence-corrected chi connectivity index (χ4v) is 3.13. The molecule has 0 aliphatic rings. The molecule has 1 N–H and O–H groups in total. The Balaban J connectivity index is 1.65. The van der Waals surface area contributed by atoms with Gasteiger partial charge in [0, 0.05) is 24.9 Å². The molecule has 0 aliphatic carbocycles. The fourth-order valence-electron chi connectivity index (χ4n) is 3.13. The van der Waals surface area contributed by atoms with Crippen molar-refractivity contribution in [3.63, 3.8) is 0 Å². The van der Waals surface area contributed by atoms with Crippen molar-refractivity contribution >= 4 is 28.3 Å². The van der Waals surface area contributed by atoms with E-state index in [9.17, 15) is 5.11 Å². The number of hydrogen-bond acceptors (Lipinski definition) is 7. The van der Waals surface area contributed by atoms with Crippen molar-refractivity contribution in [3.8, 4) is 17.0 Å². The highest BCUT2D eigenvalue weighted by molar-refractivity contribution is 5.90. The molecule has 5 rings (SSSR count). The van der Waals surface area contributed by atoms with Crippen molar-refractivity contribution in [2.24, 2.45) is 0 Å². The highest BCUT2D eigenvalue weighted by atomic mass is 16.3. The smallest absolute Gasteiger partial charge is 0.252 e. The first-order chi connectivity index (χ1) is 13.7. The molecule has 0 atom stereocenters. The van der Waals surface area contributed by atoms with Crippen LogP contribution in [0.25, 0.3) is 27.9 Å². The van der Waals surface area contributed by atoms with Gasteiger partial charge in [0.05, 0.1) is 23.1 Å². The molecule has 0 aliphatic heterocycles. The molecule has 0 amide bonds. The van der Waals surface area contributed by atoms with Gasteiger partial charge in [-0.05, 0) is 18.2 Å². The van der Waals surface area contributed by atoms with Crippen LogP contribution in [0.4, 0.5) is 11.6 Å². The minimum absolute atomic E-state index is 0.0712. The minimum atomic E-state index is 0.0712. The first kappa shape index (κ1) is 16.1. The van der Waals surface area contributed by atoms with Gasteiger partial charge in [-0.1, -0.05) is 30.3 Å². The van der Waals surface area contributed by atoms with Gasteiger partial charge in [0.15, 0.2) is 5.65 Å². The lowest BCUT2D eigenvalue weighted by atomic mass is 10.1. The number of hydrogen-bond donors (Lipinski definition) is 1. The van der Waals surface area contributed by atoms with Crippen LogP contribution >= 0.6 is 0 Å². The van der Waals surface area contributed by atoms with Crippen LogP contribution in [0.15, 0.2) is 67.0 Å². The predicted molar refractivity (Wildman–Crippen MR) is 105 cm³/mol. The van der Waals surface area contributed by atoms with Gasteiger partial charge in [0.25, 0.3) is 5.95 Å². The monoisotopic (exact) mass is 369 g/mol. The van der Waals surface area contributed by atoms with E-state index >= 15 is 0 Å². The first-order valence-corrected chi connectivity index (χ1v) is 8.66. The van der Waals surface area contributed by atoms with Gasteiger partial charge >= 0.3 is 0 Å². The maximum atomic E-state index is 9.67. The van der Waals surface area contributed by atoms with E-state index in [2.05, 4.69) is 20.2 Å². The van der Waals surface area contributed by atoms with Crippen molar-refractivity contribution in [3.05, 3.63) is 67.0 Å². The minimum Gasteiger partial charge on any atom is -0.506 e. The summed E-state index contributed by atoms with van der Waals surface area (Å²) in [6, 6.07) is 17.2. The molecule has 1 aromatic carbocycles. The van der Waals surface area contributed by atoms with E-state index in [4.69, 9.17) is 5.10 Å². The summed E-state index contributed by atoms with van der Waals surface area (Å²) in [4.78, 5) is 10.5. The summed E-state index contributed by atoms with van der Waals surface area (Å²) in [5, 5.41) is 22.9. The predicted octanol–water partition coefficient (Wildman–Crippen LogP) is 3.21. The summed E-state index contributed by atoms with van der Waals surface area (Å²) in [5.41, 5.74) is 4.51. The Morgan fingerprint density at radius 3 is 2.68 bits per heavy atom. The van der Waals surface area contributed by atoms with Crippen molar-refractivity contribution in [2.75, 3.05) is 11.9 Å². The Hall–Kier alpha value is -4.07. The lowest BCUT2D eigenvalue weighted by molar-refractivity contribution is 0.473. The van der Waals surface area contributed by atoms with Gasteiger partial charge in [0.2, 0.25) is 0 Å². The largest absolute Gasteiger partial charge is 0.506 e. The Kier molecular flexibility index (Phi) is 3.61. The van der Waals surface area contributed by atoms with E-state index in [1.54, 1.807) is 16.8 Å². The standard InChI is InChI=1S/C20H15N7O/c1-26(17-9-10-21-16-11-14(28)12-22-19(16)17)20-24-23-18-8-7-15(25-27(18)20)13-5-3-2-4-6-13/h2-12,28H,1H3. The average Bonchev–Trinajstić information content (AvgIpc) is 3.16. The maximum Gasteiger partial charge on any atom is 0.252 e. The Bertz CT molecular complexity index is 1300. The van der Waals surface area contributed by atoms with Crippen molar-refractivity contribution in [1.29, 1.82) is 0 Å². The van der Waals surface area contributed by atoms with Crippen LogP contribution in [0.2, 0.25) is 0 Å². The zero-order chi connectivity index (χ0) is 19.1. The van der Waals surface area contributed by atoms with Gasteiger partial charge in [-0.2, -0.15) is 9.61 Å². The lowest BCUT2D eigenvalue weighted by Gasteiger charge is -2.17. The molecule has 0 saturated carbocycles. The van der Waals surface area contributed by atoms with Crippen LogP contribution in [0.1, 0.15) is 0 Å². The molecule has 0 unspecified atom stereocenters. The Morgan fingerprint density at radius 1 is 0.964 bits per heavy atom. The third-order valence-electron chi connectivity index (χ3n) is 4.52. The molecule has 0 saturated heterocycles. The number of anilines is 2. The molecule has 28 heavy (non-hydrogen) atoms. The molecule has 8 nitrogen and oxygen atoms in total. The molecule has 0 spiro atoms. The molecule has 0 fully saturated rings. The van der Waals surface area contributed by atoms with E-state index < -0.39 is 0 Å². The normalized spacial score (nSPS) is 11.2. The van der Waals surface area contributed by atoms with Crippen LogP contribution in [-0.2, 0) is 0 Å². The van der Waals surface area contributed by atoms with Crippen LogP contribution in [0, 0.1) is 0 Å². The van der Waals surface area contributed by atoms with Crippen molar-refractivity contribution in [2.45, 2.75) is 0 Å². The zero-order valence-electron chi connectivity index (χ0n) is 14.9. The zero-order valence-corrected chi connectivity index (χ0v) is 14.9. The maximum absolute atomic E-state index is 9.67. The first-order valence-electron chi connectivity index (χ1n) is 8.66. The second-order valence-electron chi connectivity index (χ2n) is 6.30. The van der Waals surface area contributed by atoms with E-state index in [1.807, 2.05) is 60.5 Å². The van der Waals surface area contributed by atoms with Gasteiger partial charge in [0.1, 0.15) is 11.3 Å². The summed E-state index contributed by atoms with van der Waals surface area (Å²) in [6.07, 6.45) is 3.07. The third kappa shape index (κ3) is 2.59. The fraction of sp³-hybridized carbons (Fsp3) is 0.0500. The summed E-state index contributed by atoms with van der Waals surface area (Å²) in [6.45, 7) is 0. The number of nitrogens with zero attached hydrogens (tertiary/aromatic N) is 7. The molecule has 136 valence electrons. The molecule has 0 bridgehead atoms. The van der Waals surface area contributed by atoms with Gasteiger partial charge in [-0.15, -0.1) is 10.2 Å². The van der Waals surface area contributed by atoms with Gasteiger partial charge in [-0.3, -0.25) is 4.98 Å². The highest BCUT2D eigenvalue weighted by Gasteiger charge is 2.17. The molecular weight excluding hydrogens is 354 g/mol. The van der Waals surface area contributed by atoms with E-state index in [1.165, 1.54) is 6.20 Å². The number of fused-ring (bicyclic) bond motifs is 2. The van der Waals surface area contributed by atoms with Crippen LogP contribution < -0.4 is 4.90 Å². The van der Waals surface area contributed by atoms with Gasteiger partial charge < -0.3 is 10.0 Å². The Labute approximate surface area is 159 Å². The van der Waals surface area contributed by atoms with E-state index in [0.29, 0.717) is 22.6 Å². The summed E-state index contributed by atoms with van der Waals surface area (Å²) < 4.78 is 1.70. The van der Waals surface area contributed by atoms with Crippen molar-refractivity contribution in [1.82, 2.24) is 29.8 Å². The van der Waals surface area contributed by atoms with Gasteiger partial charge in [-0.25, -0.2) is 4.98 Å². The molecule has 8 heteroatoms. The molecule has 4 aromatic heterocycles. The average molecular weight is 369 g/mol. The number of rotatable bonds is 3. The van der Waals surface area contributed by atoms with Crippen molar-refractivity contribution < 1.29 is 5.11 Å². The molecule has 0 radical (unpaired) electrons. The number of aromatic nitrogens is 6. The Morgan fingerprint density at radius 2 is 1.82 bits per heavy atom. The topological polar surface area (TPSA) is 92.3 Å². The second kappa shape index (κ2) is 6.27. The quantitative estimate of drug-likeness (QED) is 0.522. The number of benzene rings is 1. The second-order valence-corrected chi connectivity index (χ2v) is 6.30. The molecule has 5 aromatic rings. The third-order valence-corrected chi connectivity index (χ3v) is 4.52.